The molecule has 2 aromatic heterocycles. The summed E-state index contributed by atoms with van der Waals surface area (Å²) in [5, 5.41) is 13.7. The molecule has 28 heavy (non-hydrogen) atoms. The lowest BCUT2D eigenvalue weighted by Crippen LogP contribution is -2.43. The Morgan fingerprint density at radius 2 is 2.00 bits per heavy atom. The Labute approximate surface area is 167 Å². The zero-order valence-electron chi connectivity index (χ0n) is 17.5. The molecule has 3 aromatic rings. The van der Waals surface area contributed by atoms with Crippen LogP contribution in [0, 0.1) is 13.8 Å². The molecule has 1 atom stereocenters. The zero-order chi connectivity index (χ0) is 20.1. The van der Waals surface area contributed by atoms with Crippen LogP contribution in [0.3, 0.4) is 0 Å². The van der Waals surface area contributed by atoms with Crippen molar-refractivity contribution in [2.24, 2.45) is 12.0 Å². The average molecular weight is 379 g/mol. The van der Waals surface area contributed by atoms with Gasteiger partial charge in [-0.2, -0.15) is 5.10 Å². The van der Waals surface area contributed by atoms with Crippen LogP contribution in [-0.2, 0) is 20.0 Å². The van der Waals surface area contributed by atoms with Crippen molar-refractivity contribution in [2.75, 3.05) is 6.54 Å². The molecule has 0 bridgehead atoms. The van der Waals surface area contributed by atoms with E-state index >= 15 is 0 Å². The van der Waals surface area contributed by atoms with E-state index in [2.05, 4.69) is 60.5 Å². The second-order valence-corrected chi connectivity index (χ2v) is 7.20. The molecule has 0 radical (unpaired) electrons. The van der Waals surface area contributed by atoms with Crippen molar-refractivity contribution < 1.29 is 0 Å². The van der Waals surface area contributed by atoms with Crippen molar-refractivity contribution in [1.82, 2.24) is 25.4 Å². The van der Waals surface area contributed by atoms with Gasteiger partial charge in [-0.1, -0.05) is 24.3 Å². The molecule has 0 saturated heterocycles. The van der Waals surface area contributed by atoms with Gasteiger partial charge in [0.1, 0.15) is 0 Å². The first-order valence-electron chi connectivity index (χ1n) is 9.86. The van der Waals surface area contributed by atoms with Crippen molar-refractivity contribution in [3.05, 3.63) is 59.2 Å². The van der Waals surface area contributed by atoms with Crippen LogP contribution in [0.4, 0.5) is 0 Å². The molecule has 0 aliphatic heterocycles. The summed E-state index contributed by atoms with van der Waals surface area (Å²) in [7, 11) is 1.99. The quantitative estimate of drug-likeness (QED) is 0.510. The standard InChI is InChI=1S/C22H30N6/c1-6-23-22(26-15(2)13-20-16(3)27-28(5)17(20)4)25-14-21-19-10-8-7-9-18(19)11-12-24-21/h7-12,15H,6,13-14H2,1-5H3,(H2,23,25,26). The summed E-state index contributed by atoms with van der Waals surface area (Å²) in [6, 6.07) is 10.6. The molecule has 3 rings (SSSR count). The van der Waals surface area contributed by atoms with Crippen molar-refractivity contribution >= 4 is 16.7 Å². The monoisotopic (exact) mass is 378 g/mol. The SMILES string of the molecule is CCNC(=NCc1nccc2ccccc12)NC(C)Cc1c(C)nn(C)c1C. The Kier molecular flexibility index (Phi) is 6.29. The number of hydrogen-bond donors (Lipinski definition) is 2. The summed E-state index contributed by atoms with van der Waals surface area (Å²) in [6.07, 6.45) is 2.76. The van der Waals surface area contributed by atoms with Gasteiger partial charge in [-0.25, -0.2) is 4.99 Å². The van der Waals surface area contributed by atoms with E-state index < -0.39 is 0 Å². The molecule has 0 aliphatic carbocycles. The first-order chi connectivity index (χ1) is 13.5. The molecule has 2 heterocycles. The summed E-state index contributed by atoms with van der Waals surface area (Å²) in [4.78, 5) is 9.31. The summed E-state index contributed by atoms with van der Waals surface area (Å²) >= 11 is 0. The van der Waals surface area contributed by atoms with Gasteiger partial charge in [0.2, 0.25) is 0 Å². The Morgan fingerprint density at radius 3 is 2.71 bits per heavy atom. The first kappa shape index (κ1) is 19.9. The van der Waals surface area contributed by atoms with E-state index in [-0.39, 0.29) is 6.04 Å². The fraction of sp³-hybridized carbons (Fsp3) is 0.409. The third-order valence-corrected chi connectivity index (χ3v) is 5.04. The van der Waals surface area contributed by atoms with E-state index in [1.807, 2.05) is 36.1 Å². The number of nitrogens with one attached hydrogen (secondary N) is 2. The molecule has 0 amide bonds. The topological polar surface area (TPSA) is 67.1 Å². The minimum Gasteiger partial charge on any atom is -0.357 e. The third-order valence-electron chi connectivity index (χ3n) is 5.04. The van der Waals surface area contributed by atoms with Crippen LogP contribution in [0.1, 0.15) is 36.5 Å². The minimum absolute atomic E-state index is 0.236. The van der Waals surface area contributed by atoms with Crippen LogP contribution < -0.4 is 10.6 Å². The molecule has 0 aliphatic rings. The number of hydrogen-bond acceptors (Lipinski definition) is 3. The summed E-state index contributed by atoms with van der Waals surface area (Å²) in [5.41, 5.74) is 4.60. The average Bonchev–Trinajstić information content (AvgIpc) is 2.92. The number of nitrogens with zero attached hydrogens (tertiary/aromatic N) is 4. The van der Waals surface area contributed by atoms with Crippen LogP contribution >= 0.6 is 0 Å². The fourth-order valence-corrected chi connectivity index (χ4v) is 3.49. The zero-order valence-corrected chi connectivity index (χ0v) is 17.5. The summed E-state index contributed by atoms with van der Waals surface area (Å²) in [5.74, 6) is 0.809. The fourth-order valence-electron chi connectivity index (χ4n) is 3.49. The summed E-state index contributed by atoms with van der Waals surface area (Å²) in [6.45, 7) is 9.79. The molecule has 0 spiro atoms. The highest BCUT2D eigenvalue weighted by molar-refractivity contribution is 5.85. The molecule has 0 saturated carbocycles. The van der Waals surface area contributed by atoms with Gasteiger partial charge < -0.3 is 10.6 Å². The van der Waals surface area contributed by atoms with E-state index in [0.717, 1.165) is 35.7 Å². The van der Waals surface area contributed by atoms with Gasteiger partial charge in [-0.15, -0.1) is 0 Å². The predicted octanol–water partition coefficient (Wildman–Crippen LogP) is 3.27. The lowest BCUT2D eigenvalue weighted by atomic mass is 10.1. The van der Waals surface area contributed by atoms with Crippen LogP contribution in [0.2, 0.25) is 0 Å². The normalized spacial score (nSPS) is 13.0. The summed E-state index contributed by atoms with van der Waals surface area (Å²) < 4.78 is 1.95. The Balaban J connectivity index is 1.73. The maximum absolute atomic E-state index is 4.78. The molecule has 1 aromatic carbocycles. The minimum atomic E-state index is 0.236. The van der Waals surface area contributed by atoms with Crippen LogP contribution in [0.25, 0.3) is 10.8 Å². The third kappa shape index (κ3) is 4.50. The van der Waals surface area contributed by atoms with Gasteiger partial charge in [-0.05, 0) is 51.1 Å². The van der Waals surface area contributed by atoms with Gasteiger partial charge >= 0.3 is 0 Å². The smallest absolute Gasteiger partial charge is 0.191 e. The second kappa shape index (κ2) is 8.87. The lowest BCUT2D eigenvalue weighted by Gasteiger charge is -2.18. The van der Waals surface area contributed by atoms with Crippen LogP contribution in [0.5, 0.6) is 0 Å². The maximum Gasteiger partial charge on any atom is 0.191 e. The predicted molar refractivity (Wildman–Crippen MR) is 116 cm³/mol. The molecule has 148 valence electrons. The number of aliphatic imine (C=N–C) groups is 1. The van der Waals surface area contributed by atoms with Gasteiger partial charge in [0, 0.05) is 36.9 Å². The van der Waals surface area contributed by atoms with Crippen molar-refractivity contribution in [3.63, 3.8) is 0 Å². The van der Waals surface area contributed by atoms with E-state index in [1.54, 1.807) is 0 Å². The van der Waals surface area contributed by atoms with E-state index in [9.17, 15) is 0 Å². The van der Waals surface area contributed by atoms with Crippen LogP contribution in [0.15, 0.2) is 41.5 Å². The van der Waals surface area contributed by atoms with Gasteiger partial charge in [-0.3, -0.25) is 9.67 Å². The first-order valence-corrected chi connectivity index (χ1v) is 9.86. The molecule has 6 heteroatoms. The van der Waals surface area contributed by atoms with Crippen molar-refractivity contribution in [2.45, 2.75) is 46.7 Å². The number of rotatable bonds is 6. The van der Waals surface area contributed by atoms with E-state index in [0.29, 0.717) is 6.54 Å². The number of pyridine rings is 1. The molecular weight excluding hydrogens is 348 g/mol. The Morgan fingerprint density at radius 1 is 1.21 bits per heavy atom. The molecule has 6 nitrogen and oxygen atoms in total. The molecule has 1 unspecified atom stereocenters. The molecule has 0 fully saturated rings. The van der Waals surface area contributed by atoms with E-state index in [1.165, 1.54) is 16.6 Å². The molecular formula is C22H30N6. The van der Waals surface area contributed by atoms with Gasteiger partial charge in [0.25, 0.3) is 0 Å². The number of fused-ring (bicyclic) bond motifs is 1. The Hall–Kier alpha value is -2.89. The van der Waals surface area contributed by atoms with Crippen molar-refractivity contribution in [1.29, 1.82) is 0 Å². The highest BCUT2D eigenvalue weighted by atomic mass is 15.3. The lowest BCUT2D eigenvalue weighted by molar-refractivity contribution is 0.635. The number of guanidine groups is 1. The highest BCUT2D eigenvalue weighted by Crippen LogP contribution is 2.17. The maximum atomic E-state index is 4.78. The molecule has 2 N–H and O–H groups in total. The number of aromatic nitrogens is 3. The van der Waals surface area contributed by atoms with Gasteiger partial charge in [0.05, 0.1) is 17.9 Å². The largest absolute Gasteiger partial charge is 0.357 e. The van der Waals surface area contributed by atoms with Gasteiger partial charge in [0.15, 0.2) is 5.96 Å². The Bertz CT molecular complexity index is 967. The number of aryl methyl sites for hydroxylation is 2. The van der Waals surface area contributed by atoms with Crippen molar-refractivity contribution in [3.8, 4) is 0 Å². The van der Waals surface area contributed by atoms with E-state index in [4.69, 9.17) is 4.99 Å². The van der Waals surface area contributed by atoms with Crippen LogP contribution in [-0.4, -0.2) is 33.3 Å². The second-order valence-electron chi connectivity index (χ2n) is 7.20. The highest BCUT2D eigenvalue weighted by Gasteiger charge is 2.14. The number of benzene rings is 1.